The number of aromatic amines is 1. The third-order valence-corrected chi connectivity index (χ3v) is 6.71. The smallest absolute Gasteiger partial charge is 0.257 e. The molecule has 0 spiro atoms. The number of fused-ring (bicyclic) bond motifs is 1. The summed E-state index contributed by atoms with van der Waals surface area (Å²) in [5.74, 6) is -0.591. The van der Waals surface area contributed by atoms with Crippen LogP contribution >= 0.6 is 11.6 Å². The molecule has 2 heterocycles. The zero-order valence-electron chi connectivity index (χ0n) is 19.6. The Balaban J connectivity index is 1.47. The first kappa shape index (κ1) is 23.6. The summed E-state index contributed by atoms with van der Waals surface area (Å²) >= 11 is 5.98. The molecule has 0 radical (unpaired) electrons. The first-order chi connectivity index (χ1) is 17.5. The predicted molar refractivity (Wildman–Crippen MR) is 138 cm³/mol. The van der Waals surface area contributed by atoms with E-state index >= 15 is 0 Å². The lowest BCUT2D eigenvalue weighted by atomic mass is 10.1. The van der Waals surface area contributed by atoms with E-state index in [9.17, 15) is 14.4 Å². The zero-order chi connectivity index (χ0) is 25.2. The van der Waals surface area contributed by atoms with Crippen LogP contribution in [0.2, 0.25) is 5.02 Å². The molecule has 1 fully saturated rings. The van der Waals surface area contributed by atoms with Gasteiger partial charge in [0, 0.05) is 34.2 Å². The number of para-hydroxylation sites is 1. The first-order valence-corrected chi connectivity index (χ1v) is 12.0. The summed E-state index contributed by atoms with van der Waals surface area (Å²) in [5.41, 5.74) is 2.85. The Bertz CT molecular complexity index is 1450. The molecule has 7 nitrogen and oxygen atoms in total. The summed E-state index contributed by atoms with van der Waals surface area (Å²) in [7, 11) is 1.53. The van der Waals surface area contributed by atoms with Crippen LogP contribution in [0.15, 0.2) is 79.0 Å². The van der Waals surface area contributed by atoms with Crippen molar-refractivity contribution in [1.29, 1.82) is 0 Å². The van der Waals surface area contributed by atoms with E-state index in [-0.39, 0.29) is 24.8 Å². The second kappa shape index (κ2) is 9.87. The second-order valence-electron chi connectivity index (χ2n) is 8.60. The van der Waals surface area contributed by atoms with E-state index in [1.54, 1.807) is 48.5 Å². The third kappa shape index (κ3) is 4.45. The van der Waals surface area contributed by atoms with Crippen molar-refractivity contribution < 1.29 is 19.1 Å². The number of nitrogens with zero attached hydrogens (tertiary/aromatic N) is 2. The number of aromatic nitrogens is 1. The van der Waals surface area contributed by atoms with Gasteiger partial charge in [0.15, 0.2) is 0 Å². The van der Waals surface area contributed by atoms with Crippen LogP contribution in [0.4, 0.5) is 5.69 Å². The number of hydrogen-bond acceptors (Lipinski definition) is 4. The van der Waals surface area contributed by atoms with Crippen molar-refractivity contribution in [3.8, 4) is 5.75 Å². The van der Waals surface area contributed by atoms with Crippen molar-refractivity contribution in [2.45, 2.75) is 18.9 Å². The molecule has 0 saturated carbocycles. The molecule has 1 atom stereocenters. The number of anilines is 1. The first-order valence-electron chi connectivity index (χ1n) is 11.6. The van der Waals surface area contributed by atoms with Gasteiger partial charge in [0.25, 0.3) is 11.8 Å². The minimum atomic E-state index is -0.919. The Morgan fingerprint density at radius 1 is 1.08 bits per heavy atom. The molecule has 4 aromatic rings. The number of hydrogen-bond donors (Lipinski definition) is 1. The fourth-order valence-electron chi connectivity index (χ4n) is 4.62. The molecule has 5 rings (SSSR count). The SMILES string of the molecule is COc1cccc(C(=O)N(CCc2c[nH]c3ccccc23)C2CC(=O)N(c3ccc(Cl)cc3)C2=O)c1. The average molecular weight is 502 g/mol. The van der Waals surface area contributed by atoms with Crippen molar-refractivity contribution >= 4 is 45.9 Å². The van der Waals surface area contributed by atoms with Crippen LogP contribution in [-0.2, 0) is 16.0 Å². The lowest BCUT2D eigenvalue weighted by Crippen LogP contribution is -2.46. The van der Waals surface area contributed by atoms with E-state index in [1.807, 2.05) is 30.5 Å². The summed E-state index contributed by atoms with van der Waals surface area (Å²) in [6.45, 7) is 0.260. The Kier molecular flexibility index (Phi) is 6.48. The zero-order valence-corrected chi connectivity index (χ0v) is 20.4. The molecule has 1 aliphatic rings. The fourth-order valence-corrected chi connectivity index (χ4v) is 4.75. The van der Waals surface area contributed by atoms with Crippen LogP contribution < -0.4 is 9.64 Å². The average Bonchev–Trinajstić information content (AvgIpc) is 3.45. The second-order valence-corrected chi connectivity index (χ2v) is 9.04. The highest BCUT2D eigenvalue weighted by Crippen LogP contribution is 2.29. The number of rotatable bonds is 7. The molecular formula is C28H24ClN3O4. The van der Waals surface area contributed by atoms with E-state index in [0.29, 0.717) is 28.4 Å². The van der Waals surface area contributed by atoms with Gasteiger partial charge in [0.05, 0.1) is 19.2 Å². The number of methoxy groups -OCH3 is 1. The lowest BCUT2D eigenvalue weighted by Gasteiger charge is -2.28. The van der Waals surface area contributed by atoms with Crippen molar-refractivity contribution in [1.82, 2.24) is 9.88 Å². The van der Waals surface area contributed by atoms with Gasteiger partial charge < -0.3 is 14.6 Å². The van der Waals surface area contributed by atoms with Crippen molar-refractivity contribution in [3.05, 3.63) is 95.1 Å². The number of carbonyl (C=O) groups excluding carboxylic acids is 3. The maximum absolute atomic E-state index is 13.7. The van der Waals surface area contributed by atoms with E-state index in [2.05, 4.69) is 4.98 Å². The molecule has 3 aromatic carbocycles. The van der Waals surface area contributed by atoms with Gasteiger partial charge in [-0.05, 0) is 60.5 Å². The third-order valence-electron chi connectivity index (χ3n) is 6.46. The fraction of sp³-hybridized carbons (Fsp3) is 0.179. The largest absolute Gasteiger partial charge is 0.497 e. The summed E-state index contributed by atoms with van der Waals surface area (Å²) in [4.78, 5) is 46.1. The van der Waals surface area contributed by atoms with E-state index < -0.39 is 11.9 Å². The van der Waals surface area contributed by atoms with Gasteiger partial charge in [-0.15, -0.1) is 0 Å². The number of imide groups is 1. The van der Waals surface area contributed by atoms with Gasteiger partial charge in [-0.1, -0.05) is 35.9 Å². The standard InChI is InChI=1S/C28H24ClN3O4/c1-36-22-6-4-5-18(15-22)27(34)31(14-13-19-17-30-24-8-3-2-7-23(19)24)25-16-26(33)32(28(25)35)21-11-9-20(29)10-12-21/h2-12,15,17,25,30H,13-14,16H2,1H3. The maximum atomic E-state index is 13.7. The van der Waals surface area contributed by atoms with Gasteiger partial charge in [0.2, 0.25) is 5.91 Å². The molecule has 182 valence electrons. The number of carbonyl (C=O) groups is 3. The van der Waals surface area contributed by atoms with Gasteiger partial charge in [-0.25, -0.2) is 4.90 Å². The highest BCUT2D eigenvalue weighted by molar-refractivity contribution is 6.31. The Labute approximate surface area is 213 Å². The molecule has 0 bridgehead atoms. The Morgan fingerprint density at radius 3 is 2.64 bits per heavy atom. The lowest BCUT2D eigenvalue weighted by molar-refractivity contribution is -0.122. The number of halogens is 1. The molecular weight excluding hydrogens is 478 g/mol. The quantitative estimate of drug-likeness (QED) is 0.367. The molecule has 0 aliphatic carbocycles. The number of benzene rings is 3. The van der Waals surface area contributed by atoms with E-state index in [1.165, 1.54) is 12.0 Å². The van der Waals surface area contributed by atoms with Crippen molar-refractivity contribution in [2.75, 3.05) is 18.6 Å². The molecule has 1 aromatic heterocycles. The number of amides is 3. The summed E-state index contributed by atoms with van der Waals surface area (Å²) in [6.07, 6.45) is 2.34. The minimum Gasteiger partial charge on any atom is -0.497 e. The van der Waals surface area contributed by atoms with Crippen LogP contribution in [0.1, 0.15) is 22.3 Å². The van der Waals surface area contributed by atoms with E-state index in [0.717, 1.165) is 21.4 Å². The minimum absolute atomic E-state index is 0.0922. The molecule has 1 unspecified atom stereocenters. The van der Waals surface area contributed by atoms with Crippen LogP contribution in [0.5, 0.6) is 5.75 Å². The number of nitrogens with one attached hydrogen (secondary N) is 1. The van der Waals surface area contributed by atoms with Crippen LogP contribution in [0.3, 0.4) is 0 Å². The van der Waals surface area contributed by atoms with Gasteiger partial charge in [0.1, 0.15) is 11.8 Å². The molecule has 1 saturated heterocycles. The molecule has 8 heteroatoms. The van der Waals surface area contributed by atoms with Crippen molar-refractivity contribution in [2.24, 2.45) is 0 Å². The summed E-state index contributed by atoms with van der Waals surface area (Å²) in [6, 6.07) is 20.3. The molecule has 1 N–H and O–H groups in total. The van der Waals surface area contributed by atoms with Gasteiger partial charge in [-0.3, -0.25) is 14.4 Å². The predicted octanol–water partition coefficient (Wildman–Crippen LogP) is 4.85. The van der Waals surface area contributed by atoms with Crippen LogP contribution in [0.25, 0.3) is 10.9 Å². The number of ether oxygens (including phenoxy) is 1. The van der Waals surface area contributed by atoms with Gasteiger partial charge in [-0.2, -0.15) is 0 Å². The molecule has 36 heavy (non-hydrogen) atoms. The van der Waals surface area contributed by atoms with Crippen LogP contribution in [-0.4, -0.2) is 47.3 Å². The number of H-pyrrole nitrogens is 1. The topological polar surface area (TPSA) is 82.7 Å². The normalized spacial score (nSPS) is 15.5. The highest BCUT2D eigenvalue weighted by Gasteiger charge is 2.44. The summed E-state index contributed by atoms with van der Waals surface area (Å²) in [5, 5.41) is 1.56. The van der Waals surface area contributed by atoms with E-state index in [4.69, 9.17) is 16.3 Å². The van der Waals surface area contributed by atoms with Crippen LogP contribution in [0, 0.1) is 0 Å². The molecule has 1 aliphatic heterocycles. The highest BCUT2D eigenvalue weighted by atomic mass is 35.5. The molecule has 3 amide bonds. The maximum Gasteiger partial charge on any atom is 0.257 e. The van der Waals surface area contributed by atoms with Gasteiger partial charge >= 0.3 is 0 Å². The Morgan fingerprint density at radius 2 is 1.86 bits per heavy atom. The monoisotopic (exact) mass is 501 g/mol. The Hall–Kier alpha value is -4.10. The van der Waals surface area contributed by atoms with Crippen molar-refractivity contribution in [3.63, 3.8) is 0 Å². The summed E-state index contributed by atoms with van der Waals surface area (Å²) < 4.78 is 5.29.